The third kappa shape index (κ3) is 5.98. The summed E-state index contributed by atoms with van der Waals surface area (Å²) in [5, 5.41) is 11.7. The predicted octanol–water partition coefficient (Wildman–Crippen LogP) is 3.79. The molecular weight excluding hydrogens is 372 g/mol. The highest BCUT2D eigenvalue weighted by Gasteiger charge is 2.21. The van der Waals surface area contributed by atoms with Crippen molar-refractivity contribution in [3.8, 4) is 17.6 Å². The first-order valence-electron chi connectivity index (χ1n) is 9.17. The van der Waals surface area contributed by atoms with Gasteiger partial charge in [-0.2, -0.15) is 5.26 Å². The number of benzene rings is 2. The van der Waals surface area contributed by atoms with E-state index in [9.17, 15) is 9.59 Å². The highest BCUT2D eigenvalue weighted by Crippen LogP contribution is 2.29. The molecule has 2 aromatic carbocycles. The number of amides is 1. The summed E-state index contributed by atoms with van der Waals surface area (Å²) < 4.78 is 16.2. The number of carbonyl (C=O) groups is 2. The van der Waals surface area contributed by atoms with Crippen LogP contribution >= 0.6 is 0 Å². The molecule has 0 aliphatic heterocycles. The lowest BCUT2D eigenvalue weighted by atomic mass is 10.2. The Hall–Kier alpha value is -3.53. The van der Waals surface area contributed by atoms with Crippen molar-refractivity contribution in [2.45, 2.75) is 26.9 Å². The van der Waals surface area contributed by atoms with E-state index in [-0.39, 0.29) is 5.56 Å². The molecule has 0 heterocycles. The van der Waals surface area contributed by atoms with Crippen LogP contribution in [0.15, 0.2) is 42.5 Å². The van der Waals surface area contributed by atoms with E-state index in [1.807, 2.05) is 19.9 Å². The van der Waals surface area contributed by atoms with Gasteiger partial charge in [-0.15, -0.1) is 0 Å². The maximum absolute atomic E-state index is 12.4. The van der Waals surface area contributed by atoms with Crippen molar-refractivity contribution in [3.63, 3.8) is 0 Å². The van der Waals surface area contributed by atoms with Gasteiger partial charge < -0.3 is 19.5 Å². The first-order valence-corrected chi connectivity index (χ1v) is 9.17. The second-order valence-electron chi connectivity index (χ2n) is 6.76. The van der Waals surface area contributed by atoms with Gasteiger partial charge in [0.25, 0.3) is 5.91 Å². The minimum atomic E-state index is -1.06. The number of nitrogens with one attached hydrogen (secondary N) is 1. The zero-order chi connectivity index (χ0) is 21.4. The van der Waals surface area contributed by atoms with Gasteiger partial charge in [-0.25, -0.2) is 4.79 Å². The van der Waals surface area contributed by atoms with E-state index < -0.39 is 18.0 Å². The van der Waals surface area contributed by atoms with Crippen LogP contribution in [0.25, 0.3) is 0 Å². The van der Waals surface area contributed by atoms with Gasteiger partial charge in [0.05, 0.1) is 30.5 Å². The Labute approximate surface area is 170 Å². The standard InChI is InChI=1S/C22H24N2O5/c1-14(2)13-28-19-10-9-16(11-20(19)27-4)22(26)29-15(3)21(25)24-18-8-6-5-7-17(18)12-23/h5-11,14-15H,13H2,1-4H3,(H,24,25)/t15-/m0/s1. The Kier molecular flexibility index (Phi) is 7.61. The van der Waals surface area contributed by atoms with Crippen molar-refractivity contribution in [1.82, 2.24) is 0 Å². The van der Waals surface area contributed by atoms with Crippen molar-refractivity contribution in [2.24, 2.45) is 5.92 Å². The first-order chi connectivity index (χ1) is 13.8. The molecule has 7 nitrogen and oxygen atoms in total. The second kappa shape index (κ2) is 10.1. The number of nitrogens with zero attached hydrogens (tertiary/aromatic N) is 1. The number of ether oxygens (including phenoxy) is 3. The summed E-state index contributed by atoms with van der Waals surface area (Å²) in [6, 6.07) is 13.3. The summed E-state index contributed by atoms with van der Waals surface area (Å²) in [5.41, 5.74) is 0.910. The molecule has 0 saturated heterocycles. The molecule has 2 rings (SSSR count). The van der Waals surface area contributed by atoms with Gasteiger partial charge in [0.1, 0.15) is 6.07 Å². The molecule has 7 heteroatoms. The van der Waals surface area contributed by atoms with Crippen LogP contribution in [0.2, 0.25) is 0 Å². The van der Waals surface area contributed by atoms with E-state index in [2.05, 4.69) is 5.32 Å². The topological polar surface area (TPSA) is 97.6 Å². The molecule has 1 N–H and O–H groups in total. The molecule has 0 aliphatic rings. The van der Waals surface area contributed by atoms with Crippen LogP contribution < -0.4 is 14.8 Å². The maximum atomic E-state index is 12.4. The number of anilines is 1. The average molecular weight is 396 g/mol. The van der Waals surface area contributed by atoms with Gasteiger partial charge in [-0.1, -0.05) is 26.0 Å². The van der Waals surface area contributed by atoms with Crippen LogP contribution in [-0.4, -0.2) is 31.7 Å². The van der Waals surface area contributed by atoms with Crippen LogP contribution in [0.1, 0.15) is 36.7 Å². The first kappa shape index (κ1) is 21.8. The fourth-order valence-electron chi connectivity index (χ4n) is 2.38. The number of esters is 1. The zero-order valence-electron chi connectivity index (χ0n) is 16.9. The minimum Gasteiger partial charge on any atom is -0.493 e. The normalized spacial score (nSPS) is 11.3. The van der Waals surface area contributed by atoms with Crippen molar-refractivity contribution >= 4 is 17.6 Å². The van der Waals surface area contributed by atoms with E-state index in [1.54, 1.807) is 36.4 Å². The molecule has 0 unspecified atom stereocenters. The summed E-state index contributed by atoms with van der Waals surface area (Å²) >= 11 is 0. The second-order valence-corrected chi connectivity index (χ2v) is 6.76. The van der Waals surface area contributed by atoms with Gasteiger partial charge >= 0.3 is 5.97 Å². The van der Waals surface area contributed by atoms with Crippen molar-refractivity contribution in [2.75, 3.05) is 19.0 Å². The zero-order valence-corrected chi connectivity index (χ0v) is 16.9. The average Bonchev–Trinajstić information content (AvgIpc) is 2.72. The van der Waals surface area contributed by atoms with Crippen LogP contribution in [0.5, 0.6) is 11.5 Å². The molecule has 152 valence electrons. The summed E-state index contributed by atoms with van der Waals surface area (Å²) in [6.45, 7) is 6.03. The van der Waals surface area contributed by atoms with E-state index in [1.165, 1.54) is 20.1 Å². The van der Waals surface area contributed by atoms with E-state index in [0.717, 1.165) is 0 Å². The van der Waals surface area contributed by atoms with Crippen LogP contribution in [0.3, 0.4) is 0 Å². The smallest absolute Gasteiger partial charge is 0.339 e. The van der Waals surface area contributed by atoms with Crippen molar-refractivity contribution < 1.29 is 23.8 Å². The van der Waals surface area contributed by atoms with Gasteiger partial charge in [0.15, 0.2) is 17.6 Å². The lowest BCUT2D eigenvalue weighted by Gasteiger charge is -2.16. The fraction of sp³-hybridized carbons (Fsp3) is 0.318. The Morgan fingerprint density at radius 2 is 1.83 bits per heavy atom. The predicted molar refractivity (Wildman–Crippen MR) is 108 cm³/mol. The molecule has 0 spiro atoms. The lowest BCUT2D eigenvalue weighted by Crippen LogP contribution is -2.30. The highest BCUT2D eigenvalue weighted by atomic mass is 16.5. The highest BCUT2D eigenvalue weighted by molar-refractivity contribution is 5.98. The summed E-state index contributed by atoms with van der Waals surface area (Å²) in [7, 11) is 1.48. The summed E-state index contributed by atoms with van der Waals surface area (Å²) in [4.78, 5) is 24.8. The number of para-hydroxylation sites is 1. The molecule has 0 bridgehead atoms. The van der Waals surface area contributed by atoms with Gasteiger partial charge in [0, 0.05) is 0 Å². The SMILES string of the molecule is COc1cc(C(=O)O[C@@H](C)C(=O)Nc2ccccc2C#N)ccc1OCC(C)C. The van der Waals surface area contributed by atoms with E-state index in [4.69, 9.17) is 19.5 Å². The molecule has 2 aromatic rings. The van der Waals surface area contributed by atoms with Crippen LogP contribution in [0.4, 0.5) is 5.69 Å². The fourth-order valence-corrected chi connectivity index (χ4v) is 2.38. The van der Waals surface area contributed by atoms with Gasteiger partial charge in [0.2, 0.25) is 0 Å². The number of rotatable bonds is 8. The number of carbonyl (C=O) groups excluding carboxylic acids is 2. The largest absolute Gasteiger partial charge is 0.493 e. The van der Waals surface area contributed by atoms with E-state index in [0.29, 0.717) is 35.3 Å². The molecule has 0 aromatic heterocycles. The molecular formula is C22H24N2O5. The van der Waals surface area contributed by atoms with Gasteiger partial charge in [-0.3, -0.25) is 4.79 Å². The Balaban J connectivity index is 2.05. The molecule has 29 heavy (non-hydrogen) atoms. The quantitative estimate of drug-likeness (QED) is 0.682. The van der Waals surface area contributed by atoms with Crippen molar-refractivity contribution in [1.29, 1.82) is 5.26 Å². The Bertz CT molecular complexity index is 918. The van der Waals surface area contributed by atoms with Crippen molar-refractivity contribution in [3.05, 3.63) is 53.6 Å². The minimum absolute atomic E-state index is 0.232. The molecule has 0 aliphatic carbocycles. The number of methoxy groups -OCH3 is 1. The number of hydrogen-bond donors (Lipinski definition) is 1. The monoisotopic (exact) mass is 396 g/mol. The molecule has 1 atom stereocenters. The van der Waals surface area contributed by atoms with Crippen LogP contribution in [0, 0.1) is 17.2 Å². The Morgan fingerprint density at radius 1 is 1.10 bits per heavy atom. The molecule has 0 fully saturated rings. The number of nitriles is 1. The maximum Gasteiger partial charge on any atom is 0.339 e. The third-order valence-electron chi connectivity index (χ3n) is 3.93. The third-order valence-corrected chi connectivity index (χ3v) is 3.93. The molecule has 0 saturated carbocycles. The molecule has 0 radical (unpaired) electrons. The summed E-state index contributed by atoms with van der Waals surface area (Å²) in [5.74, 6) is 0.0616. The van der Waals surface area contributed by atoms with Gasteiger partial charge in [-0.05, 0) is 43.2 Å². The Morgan fingerprint density at radius 3 is 2.48 bits per heavy atom. The lowest BCUT2D eigenvalue weighted by molar-refractivity contribution is -0.123. The van der Waals surface area contributed by atoms with Crippen LogP contribution in [-0.2, 0) is 9.53 Å². The summed E-state index contributed by atoms with van der Waals surface area (Å²) in [6.07, 6.45) is -1.06. The van der Waals surface area contributed by atoms with E-state index >= 15 is 0 Å². The molecule has 1 amide bonds. The number of hydrogen-bond acceptors (Lipinski definition) is 6.